The summed E-state index contributed by atoms with van der Waals surface area (Å²) in [5.74, 6) is 2.61. The summed E-state index contributed by atoms with van der Waals surface area (Å²) in [7, 11) is 0. The highest BCUT2D eigenvalue weighted by molar-refractivity contribution is 5.42. The maximum absolute atomic E-state index is 11.2. The van der Waals surface area contributed by atoms with E-state index in [0.717, 1.165) is 24.7 Å². The van der Waals surface area contributed by atoms with Gasteiger partial charge in [0.05, 0.1) is 6.10 Å². The molecular formula is C30H50O. The number of fused-ring (bicyclic) bond motifs is 5. The van der Waals surface area contributed by atoms with E-state index in [-0.39, 0.29) is 22.3 Å². The van der Waals surface area contributed by atoms with Gasteiger partial charge in [-0.25, -0.2) is 0 Å². The van der Waals surface area contributed by atoms with Gasteiger partial charge in [-0.3, -0.25) is 0 Å². The average Bonchev–Trinajstić information content (AvgIpc) is 2.94. The predicted molar refractivity (Wildman–Crippen MR) is 133 cm³/mol. The van der Waals surface area contributed by atoms with Crippen LogP contribution in [-0.2, 0) is 0 Å². The van der Waals surface area contributed by atoms with Crippen molar-refractivity contribution in [3.05, 3.63) is 23.3 Å². The Hall–Kier alpha value is -0.560. The van der Waals surface area contributed by atoms with Crippen molar-refractivity contribution >= 4 is 0 Å². The highest BCUT2D eigenvalue weighted by Crippen LogP contribution is 2.75. The van der Waals surface area contributed by atoms with E-state index in [9.17, 15) is 5.11 Å². The van der Waals surface area contributed by atoms with E-state index >= 15 is 0 Å². The zero-order valence-electron chi connectivity index (χ0n) is 21.9. The van der Waals surface area contributed by atoms with Crippen LogP contribution in [0.15, 0.2) is 23.3 Å². The SMILES string of the molecule is CC(C)CC[C@@H](O)C(C)[C@@]1(C)CC[C@@]2(C)C3=CC=C4C[C@@H](C)CC[C@]4(C)[C@H]3CC[C@@]21C. The van der Waals surface area contributed by atoms with Crippen LogP contribution in [0.25, 0.3) is 0 Å². The van der Waals surface area contributed by atoms with E-state index in [1.165, 1.54) is 44.9 Å². The second-order valence-electron chi connectivity index (χ2n) is 13.6. The molecule has 0 saturated heterocycles. The first-order valence-electron chi connectivity index (χ1n) is 13.5. The number of allylic oxidation sites excluding steroid dienone is 4. The molecule has 1 N–H and O–H groups in total. The molecule has 0 aromatic rings. The Bertz CT molecular complexity index is 760. The van der Waals surface area contributed by atoms with Crippen molar-refractivity contribution in [2.24, 2.45) is 45.3 Å². The van der Waals surface area contributed by atoms with Gasteiger partial charge in [0.1, 0.15) is 0 Å². The molecule has 3 fully saturated rings. The largest absolute Gasteiger partial charge is 0.393 e. The minimum absolute atomic E-state index is 0.173. The molecule has 4 aliphatic carbocycles. The van der Waals surface area contributed by atoms with Crippen LogP contribution < -0.4 is 0 Å². The first-order valence-corrected chi connectivity index (χ1v) is 13.5. The highest BCUT2D eigenvalue weighted by Gasteiger charge is 2.67. The Morgan fingerprint density at radius 1 is 0.935 bits per heavy atom. The number of aliphatic hydroxyl groups is 1. The van der Waals surface area contributed by atoms with Crippen molar-refractivity contribution in [2.45, 2.75) is 119 Å². The fourth-order valence-corrected chi connectivity index (χ4v) is 8.82. The lowest BCUT2D eigenvalue weighted by molar-refractivity contribution is -0.0886. The lowest BCUT2D eigenvalue weighted by Gasteiger charge is -2.62. The zero-order chi connectivity index (χ0) is 22.8. The Morgan fingerprint density at radius 3 is 2.32 bits per heavy atom. The van der Waals surface area contributed by atoms with Crippen molar-refractivity contribution in [1.82, 2.24) is 0 Å². The van der Waals surface area contributed by atoms with Crippen molar-refractivity contribution < 1.29 is 5.11 Å². The first kappa shape index (κ1) is 23.6. The molecule has 0 radical (unpaired) electrons. The molecular weight excluding hydrogens is 376 g/mol. The summed E-state index contributed by atoms with van der Waals surface area (Å²) in [6.07, 6.45) is 16.3. The van der Waals surface area contributed by atoms with Crippen molar-refractivity contribution in [2.75, 3.05) is 0 Å². The van der Waals surface area contributed by atoms with Crippen LogP contribution in [0.1, 0.15) is 113 Å². The molecule has 0 aromatic carbocycles. The Labute approximate surface area is 193 Å². The average molecular weight is 427 g/mol. The van der Waals surface area contributed by atoms with E-state index in [2.05, 4.69) is 67.5 Å². The Kier molecular flexibility index (Phi) is 5.90. The van der Waals surface area contributed by atoms with Gasteiger partial charge in [-0.15, -0.1) is 0 Å². The van der Waals surface area contributed by atoms with Gasteiger partial charge in [-0.2, -0.15) is 0 Å². The standard InChI is InChI=1S/C30H50O/c1-20(2)9-12-26(31)22(4)28(6)17-18-29(7)25-11-10-23-19-21(3)13-15-27(23,5)24(25)14-16-30(28,29)8/h10-11,20-22,24,26,31H,9,12-19H2,1-8H3/t21-,22?,24-,26+,27-,28+,29-,30+/m0/s1. The van der Waals surface area contributed by atoms with Gasteiger partial charge in [0.15, 0.2) is 0 Å². The first-order chi connectivity index (χ1) is 14.4. The third kappa shape index (κ3) is 3.26. The topological polar surface area (TPSA) is 20.2 Å². The van der Waals surface area contributed by atoms with Gasteiger partial charge in [0, 0.05) is 0 Å². The maximum Gasteiger partial charge on any atom is 0.0571 e. The number of hydrogen-bond donors (Lipinski definition) is 1. The number of rotatable bonds is 5. The molecule has 3 saturated carbocycles. The third-order valence-corrected chi connectivity index (χ3v) is 11.9. The summed E-state index contributed by atoms with van der Waals surface area (Å²) in [6.45, 7) is 19.7. The molecule has 0 heterocycles. The molecule has 0 aromatic heterocycles. The molecule has 1 unspecified atom stereocenters. The van der Waals surface area contributed by atoms with Crippen molar-refractivity contribution in [3.63, 3.8) is 0 Å². The normalized spacial score (nSPS) is 46.5. The predicted octanol–water partition coefficient (Wildman–Crippen LogP) is 8.34. The molecule has 1 nitrogen and oxygen atoms in total. The molecule has 4 rings (SSSR count). The molecule has 0 bridgehead atoms. The van der Waals surface area contributed by atoms with E-state index in [0.29, 0.717) is 17.3 Å². The van der Waals surface area contributed by atoms with E-state index in [1.54, 1.807) is 11.1 Å². The van der Waals surface area contributed by atoms with E-state index in [4.69, 9.17) is 0 Å². The molecule has 176 valence electrons. The van der Waals surface area contributed by atoms with Gasteiger partial charge in [0.25, 0.3) is 0 Å². The van der Waals surface area contributed by atoms with Crippen molar-refractivity contribution in [1.29, 1.82) is 0 Å². The van der Waals surface area contributed by atoms with Crippen LogP contribution in [-0.4, -0.2) is 11.2 Å². The van der Waals surface area contributed by atoms with Gasteiger partial charge in [-0.1, -0.05) is 78.7 Å². The molecule has 8 atom stereocenters. The zero-order valence-corrected chi connectivity index (χ0v) is 21.9. The van der Waals surface area contributed by atoms with Crippen LogP contribution >= 0.6 is 0 Å². The lowest BCUT2D eigenvalue weighted by Crippen LogP contribution is -2.54. The van der Waals surface area contributed by atoms with Crippen LogP contribution in [0.2, 0.25) is 0 Å². The fraction of sp³-hybridized carbons (Fsp3) is 0.867. The Morgan fingerprint density at radius 2 is 1.65 bits per heavy atom. The van der Waals surface area contributed by atoms with E-state index in [1.807, 2.05) is 0 Å². The van der Waals surface area contributed by atoms with Gasteiger partial charge < -0.3 is 5.11 Å². The third-order valence-electron chi connectivity index (χ3n) is 11.9. The number of aliphatic hydroxyl groups excluding tert-OH is 1. The fourth-order valence-electron chi connectivity index (χ4n) is 8.82. The molecule has 31 heavy (non-hydrogen) atoms. The molecule has 0 spiro atoms. The van der Waals surface area contributed by atoms with Gasteiger partial charge >= 0.3 is 0 Å². The summed E-state index contributed by atoms with van der Waals surface area (Å²) in [5.41, 5.74) is 4.65. The van der Waals surface area contributed by atoms with E-state index < -0.39 is 0 Å². The highest BCUT2D eigenvalue weighted by atomic mass is 16.3. The minimum Gasteiger partial charge on any atom is -0.393 e. The van der Waals surface area contributed by atoms with Crippen LogP contribution in [0, 0.1) is 45.3 Å². The second kappa shape index (κ2) is 7.75. The molecule has 0 amide bonds. The minimum atomic E-state index is -0.173. The summed E-state index contributed by atoms with van der Waals surface area (Å²) >= 11 is 0. The van der Waals surface area contributed by atoms with Crippen LogP contribution in [0.3, 0.4) is 0 Å². The molecule has 0 aliphatic heterocycles. The maximum atomic E-state index is 11.2. The monoisotopic (exact) mass is 426 g/mol. The second-order valence-corrected chi connectivity index (χ2v) is 13.6. The van der Waals surface area contributed by atoms with Gasteiger partial charge in [-0.05, 0) is 103 Å². The quantitative estimate of drug-likeness (QED) is 0.468. The summed E-state index contributed by atoms with van der Waals surface area (Å²) in [4.78, 5) is 0. The van der Waals surface area contributed by atoms with Gasteiger partial charge in [0.2, 0.25) is 0 Å². The lowest BCUT2D eigenvalue weighted by atomic mass is 9.42. The van der Waals surface area contributed by atoms with Crippen molar-refractivity contribution in [3.8, 4) is 0 Å². The van der Waals surface area contributed by atoms with Crippen LogP contribution in [0.4, 0.5) is 0 Å². The number of hydrogen-bond acceptors (Lipinski definition) is 1. The summed E-state index contributed by atoms with van der Waals surface area (Å²) < 4.78 is 0. The summed E-state index contributed by atoms with van der Waals surface area (Å²) in [6, 6.07) is 0. The molecule has 4 aliphatic rings. The summed E-state index contributed by atoms with van der Waals surface area (Å²) in [5, 5.41) is 11.2. The van der Waals surface area contributed by atoms with Crippen LogP contribution in [0.5, 0.6) is 0 Å². The molecule has 1 heteroatoms. The smallest absolute Gasteiger partial charge is 0.0571 e. The Balaban J connectivity index is 1.66.